The van der Waals surface area contributed by atoms with Crippen LogP contribution in [0.2, 0.25) is 0 Å². The quantitative estimate of drug-likeness (QED) is 0.812. The van der Waals surface area contributed by atoms with E-state index in [2.05, 4.69) is 23.9 Å². The van der Waals surface area contributed by atoms with Crippen LogP contribution in [0.4, 0.5) is 5.69 Å². The van der Waals surface area contributed by atoms with Gasteiger partial charge in [-0.25, -0.2) is 8.42 Å². The van der Waals surface area contributed by atoms with Crippen molar-refractivity contribution in [2.75, 3.05) is 32.1 Å². The molecule has 0 saturated carbocycles. The van der Waals surface area contributed by atoms with Gasteiger partial charge in [-0.15, -0.1) is 0 Å². The fourth-order valence-electron chi connectivity index (χ4n) is 4.46. The summed E-state index contributed by atoms with van der Waals surface area (Å²) >= 11 is 0. The molecule has 0 unspecified atom stereocenters. The monoisotopic (exact) mass is 370 g/mol. The van der Waals surface area contributed by atoms with Crippen LogP contribution in [0.15, 0.2) is 52.3 Å². The van der Waals surface area contributed by atoms with E-state index in [1.54, 1.807) is 24.3 Å². The molecule has 138 valence electrons. The first-order valence-corrected chi connectivity index (χ1v) is 10.7. The smallest absolute Gasteiger partial charge is 0.206 e. The number of sulfone groups is 1. The van der Waals surface area contributed by atoms with Crippen LogP contribution < -0.4 is 4.90 Å². The third-order valence-corrected chi connectivity index (χ3v) is 7.73. The predicted molar refractivity (Wildman–Crippen MR) is 105 cm³/mol. The Kier molecular flexibility index (Phi) is 4.32. The minimum atomic E-state index is -3.49. The Labute approximate surface area is 156 Å². The lowest BCUT2D eigenvalue weighted by atomic mass is 9.91. The highest BCUT2D eigenvalue weighted by Crippen LogP contribution is 2.45. The van der Waals surface area contributed by atoms with E-state index in [0.717, 1.165) is 31.5 Å². The topological polar surface area (TPSA) is 40.6 Å². The zero-order valence-electron chi connectivity index (χ0n) is 15.6. The lowest BCUT2D eigenvalue weighted by Crippen LogP contribution is -2.31. The highest BCUT2D eigenvalue weighted by Gasteiger charge is 2.38. The molecule has 4 rings (SSSR count). The number of rotatable bonds is 2. The summed E-state index contributed by atoms with van der Waals surface area (Å²) in [4.78, 5) is 5.51. The molecule has 0 aliphatic carbocycles. The number of likely N-dealkylation sites (tertiary alicyclic amines) is 1. The second-order valence-electron chi connectivity index (χ2n) is 7.71. The number of benzene rings is 2. The molecule has 0 amide bonds. The van der Waals surface area contributed by atoms with Gasteiger partial charge in [-0.1, -0.05) is 12.1 Å². The van der Waals surface area contributed by atoms with E-state index >= 15 is 0 Å². The molecule has 2 aromatic carbocycles. The highest BCUT2D eigenvalue weighted by molar-refractivity contribution is 7.91. The summed E-state index contributed by atoms with van der Waals surface area (Å²) in [5.74, 6) is 0.410. The first-order valence-electron chi connectivity index (χ1n) is 9.25. The molecule has 0 radical (unpaired) electrons. The molecule has 2 aliphatic rings. The molecule has 0 aromatic heterocycles. The zero-order valence-corrected chi connectivity index (χ0v) is 16.5. The molecule has 26 heavy (non-hydrogen) atoms. The minimum absolute atomic E-state index is 0.376. The first kappa shape index (κ1) is 17.6. The van der Waals surface area contributed by atoms with Gasteiger partial charge in [0.05, 0.1) is 9.79 Å². The third-order valence-electron chi connectivity index (χ3n) is 5.98. The second kappa shape index (κ2) is 6.39. The Balaban J connectivity index is 1.76. The summed E-state index contributed by atoms with van der Waals surface area (Å²) in [5, 5.41) is 0. The van der Waals surface area contributed by atoms with E-state index in [-0.39, 0.29) is 0 Å². The molecule has 0 spiro atoms. The molecular weight excluding hydrogens is 344 g/mol. The van der Waals surface area contributed by atoms with Crippen LogP contribution in [0, 0.1) is 6.92 Å². The number of aryl methyl sites for hydroxylation is 1. The standard InChI is InChI=1S/C21H26N2O2S/c1-15-5-4-6-16(13-15)26(24,25)17-7-8-20-19(14-17)18-9-11-22(2)12-10-21(18)23(20)3/h4-8,13-14,18,21H,9-12H2,1-3H3/t18-,21-/m1/s1. The molecule has 4 nitrogen and oxygen atoms in total. The highest BCUT2D eigenvalue weighted by atomic mass is 32.2. The van der Waals surface area contributed by atoms with Gasteiger partial charge in [-0.3, -0.25) is 0 Å². The normalized spacial score (nSPS) is 23.4. The van der Waals surface area contributed by atoms with Gasteiger partial charge in [0.2, 0.25) is 9.84 Å². The van der Waals surface area contributed by atoms with E-state index < -0.39 is 9.84 Å². The van der Waals surface area contributed by atoms with Crippen molar-refractivity contribution < 1.29 is 8.42 Å². The summed E-state index contributed by atoms with van der Waals surface area (Å²) in [6.45, 7) is 4.07. The van der Waals surface area contributed by atoms with Crippen LogP contribution >= 0.6 is 0 Å². The number of fused-ring (bicyclic) bond motifs is 3. The van der Waals surface area contributed by atoms with Crippen LogP contribution in [0.25, 0.3) is 0 Å². The van der Waals surface area contributed by atoms with Gasteiger partial charge in [-0.05, 0) is 81.4 Å². The molecule has 2 aromatic rings. The van der Waals surface area contributed by atoms with E-state index in [9.17, 15) is 8.42 Å². The number of anilines is 1. The molecule has 1 saturated heterocycles. The average Bonchev–Trinajstić information content (AvgIpc) is 2.75. The van der Waals surface area contributed by atoms with Gasteiger partial charge >= 0.3 is 0 Å². The lowest BCUT2D eigenvalue weighted by molar-refractivity contribution is 0.345. The SMILES string of the molecule is Cc1cccc(S(=O)(=O)c2ccc3c(c2)[C@H]2CCN(C)CC[C@H]2N3C)c1. The van der Waals surface area contributed by atoms with Crippen LogP contribution in [0.3, 0.4) is 0 Å². The van der Waals surface area contributed by atoms with Crippen molar-refractivity contribution in [1.82, 2.24) is 4.90 Å². The molecule has 0 N–H and O–H groups in total. The Morgan fingerprint density at radius 1 is 0.962 bits per heavy atom. The largest absolute Gasteiger partial charge is 0.371 e. The first-order chi connectivity index (χ1) is 12.4. The summed E-state index contributed by atoms with van der Waals surface area (Å²) in [5.41, 5.74) is 3.34. The van der Waals surface area contributed by atoms with E-state index in [4.69, 9.17) is 0 Å². The number of hydrogen-bond donors (Lipinski definition) is 0. The van der Waals surface area contributed by atoms with E-state index in [1.807, 2.05) is 25.1 Å². The Hall–Kier alpha value is -1.85. The van der Waals surface area contributed by atoms with Crippen molar-refractivity contribution in [3.8, 4) is 0 Å². The zero-order chi connectivity index (χ0) is 18.5. The summed E-state index contributed by atoms with van der Waals surface area (Å²) < 4.78 is 26.3. The van der Waals surface area contributed by atoms with Crippen molar-refractivity contribution in [3.05, 3.63) is 53.6 Å². The summed E-state index contributed by atoms with van der Waals surface area (Å²) in [7, 11) is 0.822. The molecule has 2 aliphatic heterocycles. The van der Waals surface area contributed by atoms with Crippen LogP contribution in [-0.2, 0) is 9.84 Å². The number of nitrogens with zero attached hydrogens (tertiary/aromatic N) is 2. The summed E-state index contributed by atoms with van der Waals surface area (Å²) in [6.07, 6.45) is 2.19. The Bertz CT molecular complexity index is 939. The Morgan fingerprint density at radius 2 is 1.69 bits per heavy atom. The maximum atomic E-state index is 13.1. The van der Waals surface area contributed by atoms with Crippen molar-refractivity contribution in [2.24, 2.45) is 0 Å². The summed E-state index contributed by atoms with van der Waals surface area (Å²) in [6, 6.07) is 13.3. The number of hydrogen-bond acceptors (Lipinski definition) is 4. The molecular formula is C21H26N2O2S. The van der Waals surface area contributed by atoms with Crippen molar-refractivity contribution in [3.63, 3.8) is 0 Å². The van der Waals surface area contributed by atoms with Gasteiger partial charge in [0.25, 0.3) is 0 Å². The van der Waals surface area contributed by atoms with Gasteiger partial charge in [0.1, 0.15) is 0 Å². The van der Waals surface area contributed by atoms with Crippen molar-refractivity contribution in [1.29, 1.82) is 0 Å². The van der Waals surface area contributed by atoms with Gasteiger partial charge in [0.15, 0.2) is 0 Å². The molecule has 1 fully saturated rings. The molecule has 0 bridgehead atoms. The van der Waals surface area contributed by atoms with Crippen LogP contribution in [-0.4, -0.2) is 46.5 Å². The van der Waals surface area contributed by atoms with Crippen molar-refractivity contribution in [2.45, 2.75) is 41.5 Å². The minimum Gasteiger partial charge on any atom is -0.371 e. The fraction of sp³-hybridized carbons (Fsp3) is 0.429. The average molecular weight is 371 g/mol. The second-order valence-corrected chi connectivity index (χ2v) is 9.66. The van der Waals surface area contributed by atoms with Crippen LogP contribution in [0.1, 0.15) is 29.9 Å². The van der Waals surface area contributed by atoms with E-state index in [1.165, 1.54) is 11.3 Å². The van der Waals surface area contributed by atoms with Gasteiger partial charge in [0, 0.05) is 24.7 Å². The molecule has 2 atom stereocenters. The third kappa shape index (κ3) is 2.83. The Morgan fingerprint density at radius 3 is 2.46 bits per heavy atom. The van der Waals surface area contributed by atoms with E-state index in [0.29, 0.717) is 21.8 Å². The van der Waals surface area contributed by atoms with Gasteiger partial charge in [-0.2, -0.15) is 0 Å². The maximum absolute atomic E-state index is 13.1. The van der Waals surface area contributed by atoms with Gasteiger partial charge < -0.3 is 9.80 Å². The van der Waals surface area contributed by atoms with Crippen molar-refractivity contribution >= 4 is 15.5 Å². The maximum Gasteiger partial charge on any atom is 0.206 e. The molecule has 5 heteroatoms. The van der Waals surface area contributed by atoms with Crippen LogP contribution in [0.5, 0.6) is 0 Å². The molecule has 2 heterocycles. The lowest BCUT2D eigenvalue weighted by Gasteiger charge is -2.25. The predicted octanol–water partition coefficient (Wildman–Crippen LogP) is 3.46. The fourth-order valence-corrected chi connectivity index (χ4v) is 5.86. The number of likely N-dealkylation sites (N-methyl/N-ethyl adjacent to an activating group) is 1.